The first kappa shape index (κ1) is 17.7. The van der Waals surface area contributed by atoms with Gasteiger partial charge >= 0.3 is 0 Å². The largest absolute Gasteiger partial charge is 0.243 e. The molecule has 0 saturated heterocycles. The van der Waals surface area contributed by atoms with E-state index in [1.807, 2.05) is 6.92 Å². The molecule has 0 bridgehead atoms. The Morgan fingerprint density at radius 3 is 2.32 bits per heavy atom. The summed E-state index contributed by atoms with van der Waals surface area (Å²) in [5, 5.41) is 0.190. The van der Waals surface area contributed by atoms with Crippen LogP contribution < -0.4 is 4.72 Å². The summed E-state index contributed by atoms with van der Waals surface area (Å²) in [6.45, 7) is 2.35. The van der Waals surface area contributed by atoms with Gasteiger partial charge in [0.05, 0.1) is 10.0 Å². The highest BCUT2D eigenvalue weighted by molar-refractivity contribution is 9.10. The molecule has 1 N–H and O–H groups in total. The Morgan fingerprint density at radius 1 is 1.32 bits per heavy atom. The topological polar surface area (TPSA) is 46.2 Å². The molecule has 0 aliphatic rings. The first-order valence-electron chi connectivity index (χ1n) is 5.56. The van der Waals surface area contributed by atoms with Crippen LogP contribution in [-0.2, 0) is 10.0 Å². The normalized spacial score (nSPS) is 13.5. The van der Waals surface area contributed by atoms with Crippen LogP contribution in [0.5, 0.6) is 0 Å². The number of nitrogens with one attached hydrogen (secondary N) is 1. The van der Waals surface area contributed by atoms with Crippen molar-refractivity contribution in [2.24, 2.45) is 0 Å². The number of sulfonamides is 1. The fourth-order valence-electron chi connectivity index (χ4n) is 1.41. The van der Waals surface area contributed by atoms with Crippen molar-refractivity contribution in [2.75, 3.05) is 6.54 Å². The Hall–Kier alpha value is 0.670. The lowest BCUT2D eigenvalue weighted by molar-refractivity contribution is 0.577. The van der Waals surface area contributed by atoms with Gasteiger partial charge in [0.25, 0.3) is 0 Å². The summed E-state index contributed by atoms with van der Waals surface area (Å²) >= 11 is 18.5. The summed E-state index contributed by atoms with van der Waals surface area (Å²) < 4.78 is 27.4. The van der Waals surface area contributed by atoms with E-state index in [0.717, 1.165) is 6.42 Å². The maximum atomic E-state index is 12.1. The van der Waals surface area contributed by atoms with Gasteiger partial charge in [-0.15, -0.1) is 0 Å². The standard InChI is InChI=1S/C11H13Br2Cl2NO2S/c1-2-7(12)3-4-16-19(17,18)11-9(14)5-8(13)6-10(11)15/h5-7,16H,2-4H2,1H3. The van der Waals surface area contributed by atoms with Gasteiger partial charge in [-0.3, -0.25) is 0 Å². The number of hydrogen-bond acceptors (Lipinski definition) is 2. The van der Waals surface area contributed by atoms with E-state index in [2.05, 4.69) is 36.6 Å². The first-order chi connectivity index (χ1) is 8.77. The summed E-state index contributed by atoms with van der Waals surface area (Å²) in [5.74, 6) is 0. The minimum Gasteiger partial charge on any atom is -0.211 e. The van der Waals surface area contributed by atoms with Crippen LogP contribution in [0, 0.1) is 0 Å². The molecular weight excluding hydrogens is 441 g/mol. The SMILES string of the molecule is CCC(Br)CCNS(=O)(=O)c1c(Cl)cc(Br)cc1Cl. The van der Waals surface area contributed by atoms with E-state index in [1.54, 1.807) is 0 Å². The fraction of sp³-hybridized carbons (Fsp3) is 0.455. The minimum absolute atomic E-state index is 0.0818. The zero-order valence-electron chi connectivity index (χ0n) is 10.1. The Bertz CT molecular complexity index is 529. The van der Waals surface area contributed by atoms with Crippen LogP contribution in [-0.4, -0.2) is 19.8 Å². The molecule has 0 amide bonds. The van der Waals surface area contributed by atoms with E-state index in [0.29, 0.717) is 17.4 Å². The molecule has 8 heteroatoms. The molecule has 108 valence electrons. The molecule has 0 aromatic heterocycles. The van der Waals surface area contributed by atoms with Gasteiger partial charge in [-0.2, -0.15) is 0 Å². The fourth-order valence-corrected chi connectivity index (χ4v) is 4.62. The van der Waals surface area contributed by atoms with E-state index in [9.17, 15) is 8.42 Å². The van der Waals surface area contributed by atoms with Gasteiger partial charge in [-0.05, 0) is 25.0 Å². The predicted molar refractivity (Wildman–Crippen MR) is 87.0 cm³/mol. The molecule has 1 aromatic carbocycles. The second-order valence-corrected chi connectivity index (χ2v) is 8.62. The second-order valence-electron chi connectivity index (χ2n) is 3.89. The number of benzene rings is 1. The lowest BCUT2D eigenvalue weighted by atomic mass is 10.2. The average Bonchev–Trinajstić information content (AvgIpc) is 2.26. The van der Waals surface area contributed by atoms with Gasteiger partial charge in [0.1, 0.15) is 4.90 Å². The Morgan fingerprint density at radius 2 is 1.84 bits per heavy atom. The molecule has 3 nitrogen and oxygen atoms in total. The van der Waals surface area contributed by atoms with Crippen LogP contribution in [0.15, 0.2) is 21.5 Å². The van der Waals surface area contributed by atoms with Crippen molar-refractivity contribution in [2.45, 2.75) is 29.5 Å². The zero-order valence-corrected chi connectivity index (χ0v) is 15.6. The highest BCUT2D eigenvalue weighted by Crippen LogP contribution is 2.32. The Labute approximate surface area is 140 Å². The number of halogens is 4. The van der Waals surface area contributed by atoms with Crippen LogP contribution in [0.4, 0.5) is 0 Å². The molecule has 1 atom stereocenters. The van der Waals surface area contributed by atoms with Crippen LogP contribution in [0.2, 0.25) is 10.0 Å². The molecule has 1 rings (SSSR count). The van der Waals surface area contributed by atoms with E-state index in [1.165, 1.54) is 12.1 Å². The molecule has 0 saturated carbocycles. The molecule has 0 heterocycles. The summed E-state index contributed by atoms with van der Waals surface area (Å²) in [5.41, 5.74) is 0. The highest BCUT2D eigenvalue weighted by atomic mass is 79.9. The molecule has 0 aliphatic heterocycles. The Balaban J connectivity index is 2.89. The predicted octanol–water partition coefficient (Wildman–Crippen LogP) is 4.60. The third-order valence-corrected chi connectivity index (χ3v) is 6.37. The van der Waals surface area contributed by atoms with Crippen molar-refractivity contribution < 1.29 is 8.42 Å². The van der Waals surface area contributed by atoms with Gasteiger partial charge in [0, 0.05) is 15.8 Å². The van der Waals surface area contributed by atoms with Gasteiger partial charge in [-0.25, -0.2) is 13.1 Å². The highest BCUT2D eigenvalue weighted by Gasteiger charge is 2.22. The van der Waals surface area contributed by atoms with Crippen LogP contribution >= 0.6 is 55.1 Å². The lowest BCUT2D eigenvalue weighted by Crippen LogP contribution is -2.26. The first-order valence-corrected chi connectivity index (χ1v) is 9.51. The van der Waals surface area contributed by atoms with Crippen molar-refractivity contribution in [3.63, 3.8) is 0 Å². The van der Waals surface area contributed by atoms with E-state index in [-0.39, 0.29) is 19.8 Å². The molecular formula is C11H13Br2Cl2NO2S. The quantitative estimate of drug-likeness (QED) is 0.640. The van der Waals surface area contributed by atoms with Crippen molar-refractivity contribution in [3.05, 3.63) is 26.7 Å². The summed E-state index contributed by atoms with van der Waals surface area (Å²) in [4.78, 5) is 0.202. The van der Waals surface area contributed by atoms with Crippen molar-refractivity contribution in [3.8, 4) is 0 Å². The smallest absolute Gasteiger partial charge is 0.211 e. The number of alkyl halides is 1. The van der Waals surface area contributed by atoms with Crippen molar-refractivity contribution >= 4 is 65.1 Å². The monoisotopic (exact) mass is 451 g/mol. The van der Waals surface area contributed by atoms with Crippen LogP contribution in [0.1, 0.15) is 19.8 Å². The lowest BCUT2D eigenvalue weighted by Gasteiger charge is -2.11. The van der Waals surface area contributed by atoms with E-state index >= 15 is 0 Å². The summed E-state index contributed by atoms with van der Waals surface area (Å²) in [6.07, 6.45) is 1.63. The van der Waals surface area contributed by atoms with Gasteiger partial charge in [0.15, 0.2) is 0 Å². The average molecular weight is 454 g/mol. The Kier molecular flexibility index (Phi) is 7.10. The van der Waals surface area contributed by atoms with E-state index in [4.69, 9.17) is 23.2 Å². The molecule has 0 radical (unpaired) electrons. The molecule has 0 aliphatic carbocycles. The summed E-state index contributed by atoms with van der Waals surface area (Å²) in [7, 11) is -3.70. The van der Waals surface area contributed by atoms with Gasteiger partial charge < -0.3 is 0 Å². The molecule has 0 spiro atoms. The second kappa shape index (κ2) is 7.61. The van der Waals surface area contributed by atoms with Gasteiger partial charge in [0.2, 0.25) is 10.0 Å². The third-order valence-electron chi connectivity index (χ3n) is 2.42. The van der Waals surface area contributed by atoms with Crippen LogP contribution in [0.25, 0.3) is 0 Å². The zero-order chi connectivity index (χ0) is 14.6. The molecule has 19 heavy (non-hydrogen) atoms. The molecule has 1 aromatic rings. The number of rotatable bonds is 6. The maximum absolute atomic E-state index is 12.1. The third kappa shape index (κ3) is 5.17. The summed E-state index contributed by atoms with van der Waals surface area (Å²) in [6, 6.07) is 3.00. The van der Waals surface area contributed by atoms with Crippen molar-refractivity contribution in [1.29, 1.82) is 0 Å². The van der Waals surface area contributed by atoms with E-state index < -0.39 is 10.0 Å². The minimum atomic E-state index is -3.70. The van der Waals surface area contributed by atoms with Crippen molar-refractivity contribution in [1.82, 2.24) is 4.72 Å². The van der Waals surface area contributed by atoms with Gasteiger partial charge in [-0.1, -0.05) is 62.0 Å². The molecule has 0 fully saturated rings. The van der Waals surface area contributed by atoms with Crippen LogP contribution in [0.3, 0.4) is 0 Å². The number of hydrogen-bond donors (Lipinski definition) is 1. The molecule has 1 unspecified atom stereocenters. The maximum Gasteiger partial charge on any atom is 0.243 e.